The normalized spacial score (nSPS) is 10.2. The van der Waals surface area contributed by atoms with Crippen LogP contribution in [0.3, 0.4) is 0 Å². The summed E-state index contributed by atoms with van der Waals surface area (Å²) in [6, 6.07) is 8.41. The predicted molar refractivity (Wildman–Crippen MR) is 72.1 cm³/mol. The largest absolute Gasteiger partial charge is 0.356 e. The first-order valence-electron chi connectivity index (χ1n) is 6.60. The summed E-state index contributed by atoms with van der Waals surface area (Å²) < 4.78 is 0. The highest BCUT2D eigenvalue weighted by atomic mass is 16.1. The molecule has 2 nitrogen and oxygen atoms in total. The minimum absolute atomic E-state index is 0.119. The van der Waals surface area contributed by atoms with Crippen LogP contribution in [-0.2, 0) is 17.6 Å². The van der Waals surface area contributed by atoms with E-state index in [-0.39, 0.29) is 5.91 Å². The summed E-state index contributed by atoms with van der Waals surface area (Å²) in [6.45, 7) is 5.03. The van der Waals surface area contributed by atoms with E-state index >= 15 is 0 Å². The lowest BCUT2D eigenvalue weighted by Crippen LogP contribution is -2.25. The number of hydrogen-bond acceptors (Lipinski definition) is 1. The van der Waals surface area contributed by atoms with E-state index in [1.807, 2.05) is 0 Å². The zero-order valence-corrected chi connectivity index (χ0v) is 11.0. The van der Waals surface area contributed by atoms with Crippen LogP contribution in [0.2, 0.25) is 0 Å². The van der Waals surface area contributed by atoms with Gasteiger partial charge in [0.1, 0.15) is 0 Å². The van der Waals surface area contributed by atoms with Crippen molar-refractivity contribution in [3.63, 3.8) is 0 Å². The molecule has 0 radical (unpaired) electrons. The van der Waals surface area contributed by atoms with Crippen molar-refractivity contribution in [1.29, 1.82) is 0 Å². The van der Waals surface area contributed by atoms with Gasteiger partial charge in [-0.1, -0.05) is 44.5 Å². The summed E-state index contributed by atoms with van der Waals surface area (Å²) in [7, 11) is 0. The van der Waals surface area contributed by atoms with Crippen molar-refractivity contribution in [3.05, 3.63) is 35.4 Å². The Kier molecular flexibility index (Phi) is 6.38. The van der Waals surface area contributed by atoms with E-state index in [9.17, 15) is 4.79 Å². The Morgan fingerprint density at radius 3 is 2.29 bits per heavy atom. The second-order valence-corrected chi connectivity index (χ2v) is 4.45. The third kappa shape index (κ3) is 5.53. The van der Waals surface area contributed by atoms with Crippen molar-refractivity contribution in [2.45, 2.75) is 46.0 Å². The van der Waals surface area contributed by atoms with Crippen LogP contribution in [-0.4, -0.2) is 12.5 Å². The molecule has 0 atom stereocenters. The molecule has 2 heteroatoms. The highest BCUT2D eigenvalue weighted by Crippen LogP contribution is 2.08. The van der Waals surface area contributed by atoms with E-state index in [2.05, 4.69) is 43.4 Å². The maximum atomic E-state index is 11.5. The van der Waals surface area contributed by atoms with Gasteiger partial charge in [0.05, 0.1) is 6.42 Å². The molecule has 0 unspecified atom stereocenters. The Bertz CT molecular complexity index is 329. The van der Waals surface area contributed by atoms with Gasteiger partial charge >= 0.3 is 0 Å². The molecule has 0 saturated carbocycles. The van der Waals surface area contributed by atoms with Crippen LogP contribution in [0.25, 0.3) is 0 Å². The summed E-state index contributed by atoms with van der Waals surface area (Å²) in [5.74, 6) is 0.119. The third-order valence-electron chi connectivity index (χ3n) is 2.78. The van der Waals surface area contributed by atoms with Crippen LogP contribution in [0.15, 0.2) is 24.3 Å². The lowest BCUT2D eigenvalue weighted by atomic mass is 10.0. The van der Waals surface area contributed by atoms with Crippen LogP contribution in [0.5, 0.6) is 0 Å². The van der Waals surface area contributed by atoms with E-state index in [1.165, 1.54) is 18.4 Å². The van der Waals surface area contributed by atoms with E-state index in [0.29, 0.717) is 6.42 Å². The smallest absolute Gasteiger partial charge is 0.224 e. The van der Waals surface area contributed by atoms with Crippen LogP contribution in [0, 0.1) is 0 Å². The first kappa shape index (κ1) is 13.8. The average Bonchev–Trinajstić information content (AvgIpc) is 2.35. The molecule has 1 rings (SSSR count). The maximum Gasteiger partial charge on any atom is 0.224 e. The Morgan fingerprint density at radius 2 is 1.71 bits per heavy atom. The van der Waals surface area contributed by atoms with Crippen molar-refractivity contribution >= 4 is 5.91 Å². The number of benzene rings is 1. The third-order valence-corrected chi connectivity index (χ3v) is 2.78. The fraction of sp³-hybridized carbons (Fsp3) is 0.533. The molecule has 0 fully saturated rings. The quantitative estimate of drug-likeness (QED) is 0.770. The SMILES string of the molecule is CCCCc1ccc(CC(=O)NCCC)cc1. The number of hydrogen-bond donors (Lipinski definition) is 1. The summed E-state index contributed by atoms with van der Waals surface area (Å²) in [4.78, 5) is 11.5. The molecule has 0 saturated heterocycles. The number of aryl methyl sites for hydroxylation is 1. The zero-order chi connectivity index (χ0) is 12.5. The standard InChI is InChI=1S/C15H23NO/c1-3-5-6-13-7-9-14(10-8-13)12-15(17)16-11-4-2/h7-10H,3-6,11-12H2,1-2H3,(H,16,17). The number of amides is 1. The molecule has 0 heterocycles. The maximum absolute atomic E-state index is 11.5. The average molecular weight is 233 g/mol. The lowest BCUT2D eigenvalue weighted by Gasteiger charge is -2.05. The van der Waals surface area contributed by atoms with Crippen LogP contribution in [0.4, 0.5) is 0 Å². The topological polar surface area (TPSA) is 29.1 Å². The first-order valence-corrected chi connectivity index (χ1v) is 6.60. The Hall–Kier alpha value is -1.31. The summed E-state index contributed by atoms with van der Waals surface area (Å²) >= 11 is 0. The first-order chi connectivity index (χ1) is 8.26. The molecule has 0 bridgehead atoms. The van der Waals surface area contributed by atoms with Gasteiger partial charge in [0.25, 0.3) is 0 Å². The molecule has 94 valence electrons. The van der Waals surface area contributed by atoms with Crippen molar-refractivity contribution in [2.24, 2.45) is 0 Å². The predicted octanol–water partition coefficient (Wildman–Crippen LogP) is 3.10. The molecule has 1 aromatic rings. The molecule has 17 heavy (non-hydrogen) atoms. The van der Waals surface area contributed by atoms with Crippen LogP contribution in [0.1, 0.15) is 44.2 Å². The molecule has 0 aliphatic rings. The molecular formula is C15H23NO. The van der Waals surface area contributed by atoms with E-state index < -0.39 is 0 Å². The van der Waals surface area contributed by atoms with Gasteiger partial charge in [-0.15, -0.1) is 0 Å². The summed E-state index contributed by atoms with van der Waals surface area (Å²) in [5, 5.41) is 2.89. The van der Waals surface area contributed by atoms with Crippen molar-refractivity contribution < 1.29 is 4.79 Å². The minimum Gasteiger partial charge on any atom is -0.356 e. The van der Waals surface area contributed by atoms with Crippen molar-refractivity contribution in [2.75, 3.05) is 6.54 Å². The highest BCUT2D eigenvalue weighted by Gasteiger charge is 2.02. The van der Waals surface area contributed by atoms with E-state index in [1.54, 1.807) is 0 Å². The second-order valence-electron chi connectivity index (χ2n) is 4.45. The number of nitrogens with one attached hydrogen (secondary N) is 1. The molecular weight excluding hydrogens is 210 g/mol. The van der Waals surface area contributed by atoms with Gasteiger partial charge in [-0.25, -0.2) is 0 Å². The highest BCUT2D eigenvalue weighted by molar-refractivity contribution is 5.78. The van der Waals surface area contributed by atoms with Gasteiger partial charge in [0.2, 0.25) is 5.91 Å². The summed E-state index contributed by atoms with van der Waals surface area (Å²) in [5.41, 5.74) is 2.46. The van der Waals surface area contributed by atoms with Gasteiger partial charge in [-0.3, -0.25) is 4.79 Å². The molecule has 0 aromatic heterocycles. The Labute approximate surface area is 104 Å². The van der Waals surface area contributed by atoms with E-state index in [0.717, 1.165) is 24.9 Å². The molecule has 1 aromatic carbocycles. The number of carbonyl (C=O) groups excluding carboxylic acids is 1. The molecule has 1 amide bonds. The zero-order valence-electron chi connectivity index (χ0n) is 11.0. The second kappa shape index (κ2) is 7.88. The Balaban J connectivity index is 2.42. The number of unbranched alkanes of at least 4 members (excludes halogenated alkanes) is 1. The van der Waals surface area contributed by atoms with Crippen LogP contribution < -0.4 is 5.32 Å². The van der Waals surface area contributed by atoms with Gasteiger partial charge in [0, 0.05) is 6.54 Å². The van der Waals surface area contributed by atoms with Gasteiger partial charge in [-0.2, -0.15) is 0 Å². The van der Waals surface area contributed by atoms with Crippen molar-refractivity contribution in [1.82, 2.24) is 5.32 Å². The minimum atomic E-state index is 0.119. The van der Waals surface area contributed by atoms with Crippen molar-refractivity contribution in [3.8, 4) is 0 Å². The Morgan fingerprint density at radius 1 is 1.06 bits per heavy atom. The molecule has 0 aliphatic heterocycles. The van der Waals surface area contributed by atoms with Gasteiger partial charge < -0.3 is 5.32 Å². The molecule has 0 spiro atoms. The van der Waals surface area contributed by atoms with Gasteiger partial charge in [0.15, 0.2) is 0 Å². The number of rotatable bonds is 7. The number of carbonyl (C=O) groups is 1. The molecule has 0 aliphatic carbocycles. The fourth-order valence-electron chi connectivity index (χ4n) is 1.72. The molecule has 1 N–H and O–H groups in total. The van der Waals surface area contributed by atoms with E-state index in [4.69, 9.17) is 0 Å². The monoisotopic (exact) mass is 233 g/mol. The fourth-order valence-corrected chi connectivity index (χ4v) is 1.72. The summed E-state index contributed by atoms with van der Waals surface area (Å²) in [6.07, 6.45) is 5.08. The van der Waals surface area contributed by atoms with Gasteiger partial charge in [-0.05, 0) is 30.4 Å². The lowest BCUT2D eigenvalue weighted by molar-refractivity contribution is -0.120. The van der Waals surface area contributed by atoms with Crippen LogP contribution >= 0.6 is 0 Å².